The molecular formula is C8H10N2O4. The van der Waals surface area contributed by atoms with Crippen LogP contribution >= 0.6 is 0 Å². The number of carboxylic acids is 1. The van der Waals surface area contributed by atoms with Crippen LogP contribution in [0.25, 0.3) is 0 Å². The minimum Gasteiger partial charge on any atom is -0.478 e. The van der Waals surface area contributed by atoms with Gasteiger partial charge in [0, 0.05) is 6.08 Å². The zero-order chi connectivity index (χ0) is 10.7. The molecule has 0 saturated carbocycles. The van der Waals surface area contributed by atoms with Crippen LogP contribution in [0.1, 0.15) is 6.92 Å². The maximum atomic E-state index is 11.1. The second-order valence-corrected chi connectivity index (χ2v) is 2.97. The van der Waals surface area contributed by atoms with Gasteiger partial charge in [0.1, 0.15) is 0 Å². The summed E-state index contributed by atoms with van der Waals surface area (Å²) >= 11 is 0. The molecule has 2 N–H and O–H groups in total. The lowest BCUT2D eigenvalue weighted by atomic mass is 10.2. The van der Waals surface area contributed by atoms with Gasteiger partial charge >= 0.3 is 12.0 Å². The van der Waals surface area contributed by atoms with Crippen LogP contribution in [0, 0.1) is 0 Å². The van der Waals surface area contributed by atoms with Gasteiger partial charge in [0.15, 0.2) is 0 Å². The summed E-state index contributed by atoms with van der Waals surface area (Å²) in [5, 5.41) is 10.8. The second kappa shape index (κ2) is 3.91. The number of hydrogen-bond acceptors (Lipinski definition) is 3. The molecule has 1 saturated heterocycles. The number of carbonyl (C=O) groups excluding carboxylic acids is 2. The monoisotopic (exact) mass is 198 g/mol. The average molecular weight is 198 g/mol. The van der Waals surface area contributed by atoms with E-state index in [0.717, 1.165) is 11.0 Å². The molecule has 0 aromatic carbocycles. The number of carbonyl (C=O) groups is 3. The van der Waals surface area contributed by atoms with E-state index in [1.165, 1.54) is 0 Å². The average Bonchev–Trinajstić information content (AvgIpc) is 2.34. The number of urea groups is 1. The summed E-state index contributed by atoms with van der Waals surface area (Å²) < 4.78 is 0. The van der Waals surface area contributed by atoms with Gasteiger partial charge in [0.25, 0.3) is 0 Å². The lowest BCUT2D eigenvalue weighted by Gasteiger charge is -2.11. The Balaban J connectivity index is 2.64. The van der Waals surface area contributed by atoms with E-state index in [1.807, 2.05) is 0 Å². The number of imide groups is 1. The second-order valence-electron chi connectivity index (χ2n) is 2.97. The predicted molar refractivity (Wildman–Crippen MR) is 46.5 cm³/mol. The summed E-state index contributed by atoms with van der Waals surface area (Å²) in [6.45, 7) is 1.56. The molecule has 0 radical (unpaired) electrons. The van der Waals surface area contributed by atoms with Crippen molar-refractivity contribution in [1.29, 1.82) is 0 Å². The van der Waals surface area contributed by atoms with Crippen LogP contribution in [-0.2, 0) is 9.59 Å². The van der Waals surface area contributed by atoms with Gasteiger partial charge in [0.2, 0.25) is 5.91 Å². The highest BCUT2D eigenvalue weighted by Gasteiger charge is 2.28. The van der Waals surface area contributed by atoms with Gasteiger partial charge in [-0.15, -0.1) is 0 Å². The minimum absolute atomic E-state index is 0.0147. The molecule has 6 nitrogen and oxygen atoms in total. The van der Waals surface area contributed by atoms with E-state index in [4.69, 9.17) is 5.11 Å². The Morgan fingerprint density at radius 2 is 2.29 bits per heavy atom. The van der Waals surface area contributed by atoms with Crippen molar-refractivity contribution in [2.75, 3.05) is 13.1 Å². The molecule has 1 fully saturated rings. The van der Waals surface area contributed by atoms with Crippen LogP contribution in [0.2, 0.25) is 0 Å². The molecule has 3 amide bonds. The number of nitrogens with one attached hydrogen (secondary N) is 1. The first-order valence-electron chi connectivity index (χ1n) is 3.99. The lowest BCUT2D eigenvalue weighted by molar-refractivity contribution is -0.131. The van der Waals surface area contributed by atoms with Gasteiger partial charge in [-0.25, -0.2) is 9.59 Å². The van der Waals surface area contributed by atoms with Crippen molar-refractivity contribution in [2.45, 2.75) is 6.92 Å². The van der Waals surface area contributed by atoms with Gasteiger partial charge in [-0.05, 0) is 12.5 Å². The van der Waals surface area contributed by atoms with Crippen molar-refractivity contribution < 1.29 is 19.5 Å². The molecule has 14 heavy (non-hydrogen) atoms. The number of rotatable bonds is 3. The Bertz CT molecular complexity index is 305. The highest BCUT2D eigenvalue weighted by molar-refractivity contribution is 6.02. The first-order chi connectivity index (χ1) is 6.50. The van der Waals surface area contributed by atoms with Crippen molar-refractivity contribution in [2.24, 2.45) is 0 Å². The Labute approximate surface area is 80.2 Å². The maximum absolute atomic E-state index is 11.1. The Hall–Kier alpha value is -1.85. The third-order valence-corrected chi connectivity index (χ3v) is 1.71. The summed E-state index contributed by atoms with van der Waals surface area (Å²) in [4.78, 5) is 33.3. The third-order valence-electron chi connectivity index (χ3n) is 1.71. The highest BCUT2D eigenvalue weighted by Crippen LogP contribution is 2.03. The Morgan fingerprint density at radius 3 is 2.71 bits per heavy atom. The zero-order valence-electron chi connectivity index (χ0n) is 7.61. The van der Waals surface area contributed by atoms with Gasteiger partial charge in [-0.2, -0.15) is 0 Å². The molecule has 76 valence electrons. The molecule has 0 aliphatic carbocycles. The fourth-order valence-electron chi connectivity index (χ4n) is 1.12. The number of amides is 3. The molecule has 1 heterocycles. The van der Waals surface area contributed by atoms with Crippen molar-refractivity contribution >= 4 is 17.9 Å². The molecule has 1 aliphatic heterocycles. The summed E-state index contributed by atoms with van der Waals surface area (Å²) in [5.41, 5.74) is 0.447. The molecule has 0 aromatic heterocycles. The molecule has 0 aromatic rings. The van der Waals surface area contributed by atoms with Crippen LogP contribution in [0.5, 0.6) is 0 Å². The summed E-state index contributed by atoms with van der Waals surface area (Å²) in [6, 6.07) is -0.479. The third kappa shape index (κ3) is 2.32. The van der Waals surface area contributed by atoms with E-state index in [0.29, 0.717) is 5.57 Å². The Kier molecular flexibility index (Phi) is 2.85. The number of nitrogens with zero attached hydrogens (tertiary/aromatic N) is 1. The van der Waals surface area contributed by atoms with Gasteiger partial charge in [-0.3, -0.25) is 9.69 Å². The fraction of sp³-hybridized carbons (Fsp3) is 0.375. The Morgan fingerprint density at radius 1 is 1.64 bits per heavy atom. The quantitative estimate of drug-likeness (QED) is 0.476. The van der Waals surface area contributed by atoms with E-state index in [9.17, 15) is 14.4 Å². The first-order valence-corrected chi connectivity index (χ1v) is 3.99. The summed E-state index contributed by atoms with van der Waals surface area (Å²) in [6.07, 6.45) is 0.971. The molecule has 6 heteroatoms. The highest BCUT2D eigenvalue weighted by atomic mass is 16.4. The van der Waals surface area contributed by atoms with Crippen LogP contribution in [0.3, 0.4) is 0 Å². The number of aliphatic carboxylic acids is 1. The lowest BCUT2D eigenvalue weighted by Crippen LogP contribution is -2.32. The van der Waals surface area contributed by atoms with Crippen molar-refractivity contribution in [1.82, 2.24) is 10.2 Å². The topological polar surface area (TPSA) is 86.7 Å². The summed E-state index contributed by atoms with van der Waals surface area (Å²) in [7, 11) is 0. The molecule has 1 aliphatic rings. The van der Waals surface area contributed by atoms with Crippen LogP contribution in [-0.4, -0.2) is 41.0 Å². The van der Waals surface area contributed by atoms with E-state index in [1.54, 1.807) is 6.92 Å². The van der Waals surface area contributed by atoms with Gasteiger partial charge < -0.3 is 10.4 Å². The molecular weight excluding hydrogens is 188 g/mol. The number of hydrogen-bond donors (Lipinski definition) is 2. The van der Waals surface area contributed by atoms with E-state index in [2.05, 4.69) is 5.32 Å². The summed E-state index contributed by atoms with van der Waals surface area (Å²) in [5.74, 6) is -1.43. The van der Waals surface area contributed by atoms with Crippen LogP contribution in [0.15, 0.2) is 11.6 Å². The van der Waals surface area contributed by atoms with E-state index < -0.39 is 12.0 Å². The molecule has 0 unspecified atom stereocenters. The molecule has 1 rings (SSSR count). The van der Waals surface area contributed by atoms with E-state index >= 15 is 0 Å². The van der Waals surface area contributed by atoms with Gasteiger partial charge in [0.05, 0.1) is 13.1 Å². The zero-order valence-corrected chi connectivity index (χ0v) is 7.61. The minimum atomic E-state index is -1.09. The largest absolute Gasteiger partial charge is 0.478 e. The van der Waals surface area contributed by atoms with Gasteiger partial charge in [-0.1, -0.05) is 0 Å². The fourth-order valence-corrected chi connectivity index (χ4v) is 1.12. The van der Waals surface area contributed by atoms with Crippen molar-refractivity contribution in [3.8, 4) is 0 Å². The molecule has 0 atom stereocenters. The van der Waals surface area contributed by atoms with Crippen molar-refractivity contribution in [3.05, 3.63) is 11.6 Å². The predicted octanol–water partition coefficient (Wildman–Crippen LogP) is -0.431. The maximum Gasteiger partial charge on any atom is 0.328 e. The standard InChI is InChI=1S/C8H10N2O4/c1-5(2-7(12)13)4-10-6(11)3-9-8(10)14/h2H,3-4H2,1H3,(H,9,14)(H,12,13). The normalized spacial score (nSPS) is 17.2. The van der Waals surface area contributed by atoms with Crippen LogP contribution in [0.4, 0.5) is 4.79 Å². The molecule has 0 spiro atoms. The smallest absolute Gasteiger partial charge is 0.328 e. The van der Waals surface area contributed by atoms with E-state index in [-0.39, 0.29) is 19.0 Å². The number of carboxylic acid groups (broad SMARTS) is 1. The molecule has 0 bridgehead atoms. The van der Waals surface area contributed by atoms with Crippen molar-refractivity contribution in [3.63, 3.8) is 0 Å². The SMILES string of the molecule is CC(=CC(=O)O)CN1C(=O)CNC1=O. The first kappa shape index (κ1) is 10.2. The van der Waals surface area contributed by atoms with Crippen LogP contribution < -0.4 is 5.32 Å².